The number of nitrogens with zero attached hydrogens (tertiary/aromatic N) is 1. The molecular formula is C28H25ClN2O5S. The van der Waals surface area contributed by atoms with Crippen molar-refractivity contribution in [1.29, 1.82) is 0 Å². The third-order valence-electron chi connectivity index (χ3n) is 6.10. The summed E-state index contributed by atoms with van der Waals surface area (Å²) in [4.78, 5) is 13.1. The maximum Gasteiger partial charge on any atom is 0.264 e. The predicted octanol–water partition coefficient (Wildman–Crippen LogP) is 4.95. The number of halogens is 1. The molecule has 190 valence electrons. The van der Waals surface area contributed by atoms with Crippen molar-refractivity contribution in [3.8, 4) is 11.5 Å². The molecule has 9 heteroatoms. The van der Waals surface area contributed by atoms with E-state index < -0.39 is 22.0 Å². The fourth-order valence-electron chi connectivity index (χ4n) is 4.20. The molecule has 0 spiro atoms. The van der Waals surface area contributed by atoms with Crippen LogP contribution in [0.3, 0.4) is 0 Å². The highest BCUT2D eigenvalue weighted by Gasteiger charge is 2.37. The van der Waals surface area contributed by atoms with Crippen LogP contribution < -0.4 is 19.1 Å². The van der Waals surface area contributed by atoms with E-state index in [1.807, 2.05) is 49.4 Å². The lowest BCUT2D eigenvalue weighted by atomic mass is 10.1. The summed E-state index contributed by atoms with van der Waals surface area (Å²) in [6, 6.07) is 24.9. The van der Waals surface area contributed by atoms with E-state index >= 15 is 0 Å². The van der Waals surface area contributed by atoms with E-state index in [9.17, 15) is 13.2 Å². The van der Waals surface area contributed by atoms with E-state index in [4.69, 9.17) is 21.1 Å². The molecule has 0 saturated heterocycles. The topological polar surface area (TPSA) is 84.9 Å². The third-order valence-corrected chi connectivity index (χ3v) is 8.13. The maximum atomic E-state index is 13.5. The highest BCUT2D eigenvalue weighted by atomic mass is 35.5. The van der Waals surface area contributed by atoms with Crippen molar-refractivity contribution in [3.63, 3.8) is 0 Å². The van der Waals surface area contributed by atoms with E-state index in [2.05, 4.69) is 5.32 Å². The summed E-state index contributed by atoms with van der Waals surface area (Å²) < 4.78 is 40.0. The normalized spacial score (nSPS) is 15.1. The third kappa shape index (κ3) is 5.21. The molecule has 1 N–H and O–H groups in total. The van der Waals surface area contributed by atoms with Crippen LogP contribution in [0.4, 0.5) is 5.69 Å². The fourth-order valence-corrected chi connectivity index (χ4v) is 5.83. The summed E-state index contributed by atoms with van der Waals surface area (Å²) in [6.07, 6.45) is -1.05. The number of ether oxygens (including phenoxy) is 2. The molecule has 7 nitrogen and oxygen atoms in total. The summed E-state index contributed by atoms with van der Waals surface area (Å²) in [7, 11) is -3.97. The van der Waals surface area contributed by atoms with Crippen LogP contribution in [-0.4, -0.2) is 40.1 Å². The van der Waals surface area contributed by atoms with Gasteiger partial charge in [0.15, 0.2) is 6.10 Å². The number of sulfonamides is 1. The average molecular weight is 537 g/mol. The Balaban J connectivity index is 1.30. The zero-order valence-electron chi connectivity index (χ0n) is 20.1. The summed E-state index contributed by atoms with van der Waals surface area (Å²) >= 11 is 6.16. The van der Waals surface area contributed by atoms with E-state index in [1.54, 1.807) is 36.4 Å². The predicted molar refractivity (Wildman–Crippen MR) is 144 cm³/mol. The number of hydrogen-bond acceptors (Lipinski definition) is 5. The lowest BCUT2D eigenvalue weighted by Crippen LogP contribution is -2.51. The maximum absolute atomic E-state index is 13.5. The molecule has 0 radical (unpaired) electrons. The summed E-state index contributed by atoms with van der Waals surface area (Å²) in [5, 5.41) is 5.21. The number of anilines is 1. The van der Waals surface area contributed by atoms with Gasteiger partial charge >= 0.3 is 0 Å². The molecule has 0 fully saturated rings. The number of carbonyl (C=O) groups is 1. The number of aryl methyl sites for hydroxylation is 1. The summed E-state index contributed by atoms with van der Waals surface area (Å²) in [5.74, 6) is 0.548. The number of benzene rings is 4. The van der Waals surface area contributed by atoms with E-state index in [1.165, 1.54) is 10.4 Å². The Labute approximate surface area is 220 Å². The van der Waals surface area contributed by atoms with Crippen LogP contribution in [0.1, 0.15) is 5.56 Å². The van der Waals surface area contributed by atoms with Crippen molar-refractivity contribution in [2.24, 2.45) is 0 Å². The van der Waals surface area contributed by atoms with Gasteiger partial charge in [-0.2, -0.15) is 0 Å². The van der Waals surface area contributed by atoms with Gasteiger partial charge in [0.1, 0.15) is 18.1 Å². The molecule has 0 aliphatic carbocycles. The van der Waals surface area contributed by atoms with Gasteiger partial charge in [0.2, 0.25) is 0 Å². The first-order valence-corrected chi connectivity index (χ1v) is 13.6. The molecular weight excluding hydrogens is 512 g/mol. The van der Waals surface area contributed by atoms with Crippen LogP contribution in [0.5, 0.6) is 11.5 Å². The second kappa shape index (κ2) is 10.3. The Hall–Kier alpha value is -3.75. The van der Waals surface area contributed by atoms with Gasteiger partial charge in [-0.15, -0.1) is 0 Å². The van der Waals surface area contributed by atoms with Crippen LogP contribution >= 0.6 is 11.6 Å². The molecule has 1 amide bonds. The molecule has 5 rings (SSSR count). The number of rotatable bonds is 7. The van der Waals surface area contributed by atoms with Crippen LogP contribution in [-0.2, 0) is 14.8 Å². The van der Waals surface area contributed by atoms with Crippen molar-refractivity contribution < 1.29 is 22.7 Å². The molecule has 1 atom stereocenters. The summed E-state index contributed by atoms with van der Waals surface area (Å²) in [6.45, 7) is 2.15. The SMILES string of the molecule is Cc1ccc(S(=O)(=O)N2CC(C(=O)NCCOc3cccc4ccccc34)Oc3ccc(Cl)cc32)cc1. The number of fused-ring (bicyclic) bond motifs is 2. The Morgan fingerprint density at radius 3 is 2.62 bits per heavy atom. The van der Waals surface area contributed by atoms with Crippen molar-refractivity contribution >= 4 is 44.0 Å². The van der Waals surface area contributed by atoms with Gasteiger partial charge in [0.25, 0.3) is 15.9 Å². The second-order valence-electron chi connectivity index (χ2n) is 8.68. The van der Waals surface area contributed by atoms with Crippen molar-refractivity contribution in [3.05, 3.63) is 95.5 Å². The Bertz CT molecular complexity index is 1550. The average Bonchev–Trinajstić information content (AvgIpc) is 2.90. The standard InChI is InChI=1S/C28H25ClN2O5S/c1-19-9-12-22(13-10-19)37(33,34)31-18-27(36-26-14-11-21(29)17-24(26)31)28(32)30-15-16-35-25-8-4-6-20-5-2-3-7-23(20)25/h2-14,17,27H,15-16,18H2,1H3,(H,30,32). The largest absolute Gasteiger partial charge is 0.491 e. The molecule has 37 heavy (non-hydrogen) atoms. The first kappa shape index (κ1) is 24.9. The zero-order chi connectivity index (χ0) is 26.0. The van der Waals surface area contributed by atoms with Crippen LogP contribution in [0.25, 0.3) is 10.8 Å². The molecule has 0 bridgehead atoms. The molecule has 0 saturated carbocycles. The lowest BCUT2D eigenvalue weighted by molar-refractivity contribution is -0.127. The van der Waals surface area contributed by atoms with Gasteiger partial charge in [-0.05, 0) is 48.7 Å². The van der Waals surface area contributed by atoms with Crippen LogP contribution in [0.15, 0.2) is 89.8 Å². The minimum Gasteiger partial charge on any atom is -0.491 e. The smallest absolute Gasteiger partial charge is 0.264 e. The van der Waals surface area contributed by atoms with Crippen LogP contribution in [0, 0.1) is 6.92 Å². The van der Waals surface area contributed by atoms with Gasteiger partial charge in [0.05, 0.1) is 23.7 Å². The zero-order valence-corrected chi connectivity index (χ0v) is 21.6. The van der Waals surface area contributed by atoms with Crippen LogP contribution in [0.2, 0.25) is 5.02 Å². The van der Waals surface area contributed by atoms with E-state index in [0.29, 0.717) is 5.02 Å². The first-order chi connectivity index (χ1) is 17.8. The molecule has 1 aliphatic heterocycles. The van der Waals surface area contributed by atoms with Gasteiger partial charge < -0.3 is 14.8 Å². The fraction of sp³-hybridized carbons (Fsp3) is 0.179. The van der Waals surface area contributed by atoms with Gasteiger partial charge in [-0.1, -0.05) is 65.7 Å². The van der Waals surface area contributed by atoms with E-state index in [-0.39, 0.29) is 36.0 Å². The molecule has 0 aromatic heterocycles. The quantitative estimate of drug-likeness (QED) is 0.338. The second-order valence-corrected chi connectivity index (χ2v) is 11.0. The molecule has 4 aromatic carbocycles. The van der Waals surface area contributed by atoms with E-state index in [0.717, 1.165) is 22.1 Å². The first-order valence-electron chi connectivity index (χ1n) is 11.8. The van der Waals surface area contributed by atoms with Gasteiger partial charge in [0, 0.05) is 10.4 Å². The lowest BCUT2D eigenvalue weighted by Gasteiger charge is -2.34. The Morgan fingerprint density at radius 2 is 1.81 bits per heavy atom. The number of carbonyl (C=O) groups excluding carboxylic acids is 1. The van der Waals surface area contributed by atoms with Crippen molar-refractivity contribution in [2.75, 3.05) is 24.0 Å². The number of nitrogens with one attached hydrogen (secondary N) is 1. The minimum absolute atomic E-state index is 0.119. The van der Waals surface area contributed by atoms with Gasteiger partial charge in [-0.3, -0.25) is 9.10 Å². The van der Waals surface area contributed by atoms with Gasteiger partial charge in [-0.25, -0.2) is 8.42 Å². The highest BCUT2D eigenvalue weighted by Crippen LogP contribution is 2.39. The Morgan fingerprint density at radius 1 is 1.05 bits per heavy atom. The minimum atomic E-state index is -3.97. The van der Waals surface area contributed by atoms with Crippen molar-refractivity contribution in [1.82, 2.24) is 5.32 Å². The highest BCUT2D eigenvalue weighted by molar-refractivity contribution is 7.92. The van der Waals surface area contributed by atoms with Crippen molar-refractivity contribution in [2.45, 2.75) is 17.9 Å². The number of hydrogen-bond donors (Lipinski definition) is 1. The monoisotopic (exact) mass is 536 g/mol. The number of amides is 1. The summed E-state index contributed by atoms with van der Waals surface area (Å²) in [5.41, 5.74) is 1.23. The Kier molecular flexibility index (Phi) is 6.95. The molecule has 1 heterocycles. The molecule has 1 unspecified atom stereocenters. The molecule has 4 aromatic rings. The molecule has 1 aliphatic rings.